The minimum atomic E-state index is -0.773. The van der Waals surface area contributed by atoms with Gasteiger partial charge in [0.1, 0.15) is 17.3 Å². The second-order valence-corrected chi connectivity index (χ2v) is 7.27. The minimum absolute atomic E-state index is 0.190. The van der Waals surface area contributed by atoms with Crippen LogP contribution in [0.3, 0.4) is 0 Å². The average Bonchev–Trinajstić information content (AvgIpc) is 2.79. The van der Waals surface area contributed by atoms with Crippen molar-refractivity contribution in [3.05, 3.63) is 57.3 Å². The van der Waals surface area contributed by atoms with Gasteiger partial charge in [-0.15, -0.1) is 0 Å². The summed E-state index contributed by atoms with van der Waals surface area (Å²) >= 11 is 3.21. The molecule has 0 bridgehead atoms. The number of amides is 1. The van der Waals surface area contributed by atoms with Gasteiger partial charge in [-0.2, -0.15) is 0 Å². The van der Waals surface area contributed by atoms with Crippen molar-refractivity contribution in [2.75, 3.05) is 14.2 Å². The van der Waals surface area contributed by atoms with Crippen LogP contribution in [0.2, 0.25) is 0 Å². The van der Waals surface area contributed by atoms with E-state index in [2.05, 4.69) is 15.9 Å². The highest BCUT2D eigenvalue weighted by Crippen LogP contribution is 2.43. The summed E-state index contributed by atoms with van der Waals surface area (Å²) in [6.45, 7) is 4.01. The fourth-order valence-electron chi connectivity index (χ4n) is 3.28. The molecule has 0 N–H and O–H groups in total. The van der Waals surface area contributed by atoms with Crippen LogP contribution in [-0.4, -0.2) is 25.0 Å². The molecule has 0 unspecified atom stereocenters. The molecule has 0 aromatic heterocycles. The molecule has 1 aliphatic heterocycles. The Morgan fingerprint density at radius 3 is 2.52 bits per heavy atom. The van der Waals surface area contributed by atoms with E-state index in [0.29, 0.717) is 33.6 Å². The molecule has 132 valence electrons. The van der Waals surface area contributed by atoms with Gasteiger partial charge in [-0.1, -0.05) is 0 Å². The maximum atomic E-state index is 14.7. The first-order chi connectivity index (χ1) is 11.8. The molecule has 1 heterocycles. The number of ether oxygens (including phenoxy) is 2. The van der Waals surface area contributed by atoms with Crippen molar-refractivity contribution >= 4 is 21.8 Å². The van der Waals surface area contributed by atoms with Crippen LogP contribution in [0.25, 0.3) is 0 Å². The standard InChI is InChI=1S/C19H19BrFNO3/c1-19(2)16-13(7-8-14(20)17(16)21)18(23)22(19)10-11-5-6-12(24-3)9-15(11)25-4/h5-9H,10H2,1-4H3. The molecule has 4 nitrogen and oxygen atoms in total. The zero-order chi connectivity index (χ0) is 18.4. The van der Waals surface area contributed by atoms with Gasteiger partial charge in [-0.3, -0.25) is 4.79 Å². The lowest BCUT2D eigenvalue weighted by atomic mass is 9.93. The monoisotopic (exact) mass is 407 g/mol. The van der Waals surface area contributed by atoms with Gasteiger partial charge >= 0.3 is 0 Å². The first-order valence-electron chi connectivity index (χ1n) is 7.82. The Kier molecular flexibility index (Phi) is 4.49. The molecule has 2 aromatic carbocycles. The zero-order valence-corrected chi connectivity index (χ0v) is 16.1. The normalized spacial score (nSPS) is 15.3. The predicted octanol–water partition coefficient (Wildman–Crippen LogP) is 4.50. The van der Waals surface area contributed by atoms with E-state index >= 15 is 0 Å². The number of benzene rings is 2. The fourth-order valence-corrected chi connectivity index (χ4v) is 3.61. The molecule has 25 heavy (non-hydrogen) atoms. The summed E-state index contributed by atoms with van der Waals surface area (Å²) in [5, 5.41) is 0. The Morgan fingerprint density at radius 2 is 1.88 bits per heavy atom. The summed E-state index contributed by atoms with van der Waals surface area (Å²) < 4.78 is 25.6. The maximum Gasteiger partial charge on any atom is 0.255 e. The van der Waals surface area contributed by atoms with Gasteiger partial charge in [0.25, 0.3) is 5.91 Å². The summed E-state index contributed by atoms with van der Waals surface area (Å²) in [5.41, 5.74) is 0.875. The third kappa shape index (κ3) is 2.78. The smallest absolute Gasteiger partial charge is 0.255 e. The second-order valence-electron chi connectivity index (χ2n) is 6.41. The average molecular weight is 408 g/mol. The molecule has 0 aliphatic carbocycles. The van der Waals surface area contributed by atoms with E-state index < -0.39 is 5.54 Å². The van der Waals surface area contributed by atoms with Gasteiger partial charge in [0, 0.05) is 22.8 Å². The number of hydrogen-bond acceptors (Lipinski definition) is 3. The summed E-state index contributed by atoms with van der Waals surface area (Å²) in [6, 6.07) is 8.68. The van der Waals surface area contributed by atoms with E-state index in [1.54, 1.807) is 37.3 Å². The minimum Gasteiger partial charge on any atom is -0.497 e. The highest BCUT2D eigenvalue weighted by molar-refractivity contribution is 9.10. The molecule has 1 amide bonds. The molecular weight excluding hydrogens is 389 g/mol. The number of carbonyl (C=O) groups is 1. The van der Waals surface area contributed by atoms with Crippen molar-refractivity contribution < 1.29 is 18.7 Å². The van der Waals surface area contributed by atoms with E-state index in [4.69, 9.17) is 9.47 Å². The molecule has 1 aliphatic rings. The Labute approximate surface area is 154 Å². The molecule has 0 fully saturated rings. The lowest BCUT2D eigenvalue weighted by Crippen LogP contribution is -2.38. The van der Waals surface area contributed by atoms with Crippen molar-refractivity contribution in [2.24, 2.45) is 0 Å². The summed E-state index contributed by atoms with van der Waals surface area (Å²) in [4.78, 5) is 14.5. The number of carbonyl (C=O) groups excluding carboxylic acids is 1. The maximum absolute atomic E-state index is 14.7. The fraction of sp³-hybridized carbons (Fsp3) is 0.316. The highest BCUT2D eigenvalue weighted by atomic mass is 79.9. The molecule has 0 radical (unpaired) electrons. The first kappa shape index (κ1) is 17.7. The summed E-state index contributed by atoms with van der Waals surface area (Å²) in [6.07, 6.45) is 0. The van der Waals surface area contributed by atoms with Crippen molar-refractivity contribution in [3.63, 3.8) is 0 Å². The van der Waals surface area contributed by atoms with Crippen LogP contribution in [0.15, 0.2) is 34.8 Å². The number of methoxy groups -OCH3 is 2. The van der Waals surface area contributed by atoms with Crippen molar-refractivity contribution in [2.45, 2.75) is 25.9 Å². The van der Waals surface area contributed by atoms with Crippen LogP contribution < -0.4 is 9.47 Å². The Balaban J connectivity index is 2.03. The van der Waals surface area contributed by atoms with Crippen molar-refractivity contribution in [1.29, 1.82) is 0 Å². The van der Waals surface area contributed by atoms with Crippen molar-refractivity contribution in [1.82, 2.24) is 4.90 Å². The first-order valence-corrected chi connectivity index (χ1v) is 8.62. The van der Waals surface area contributed by atoms with E-state index in [1.165, 1.54) is 0 Å². The van der Waals surface area contributed by atoms with E-state index in [0.717, 1.165) is 5.56 Å². The van der Waals surface area contributed by atoms with Crippen LogP contribution in [0.4, 0.5) is 4.39 Å². The predicted molar refractivity (Wildman–Crippen MR) is 96.5 cm³/mol. The molecular formula is C19H19BrFNO3. The van der Waals surface area contributed by atoms with E-state index in [9.17, 15) is 9.18 Å². The van der Waals surface area contributed by atoms with Gasteiger partial charge in [0.2, 0.25) is 0 Å². The van der Waals surface area contributed by atoms with Crippen molar-refractivity contribution in [3.8, 4) is 11.5 Å². The van der Waals surface area contributed by atoms with Crippen LogP contribution in [0.1, 0.15) is 35.3 Å². The van der Waals surface area contributed by atoms with Gasteiger partial charge in [0.05, 0.1) is 30.8 Å². The lowest BCUT2D eigenvalue weighted by molar-refractivity contribution is 0.0590. The Bertz CT molecular complexity index is 851. The molecule has 0 saturated heterocycles. The summed E-state index contributed by atoms with van der Waals surface area (Å²) in [5.74, 6) is 0.718. The largest absolute Gasteiger partial charge is 0.497 e. The molecule has 0 atom stereocenters. The number of halogens is 2. The third-order valence-corrected chi connectivity index (χ3v) is 5.29. The van der Waals surface area contributed by atoms with Gasteiger partial charge < -0.3 is 14.4 Å². The Hall–Kier alpha value is -2.08. The molecule has 0 saturated carbocycles. The van der Waals surface area contributed by atoms with Gasteiger partial charge in [-0.05, 0) is 54.0 Å². The third-order valence-electron chi connectivity index (χ3n) is 4.68. The second kappa shape index (κ2) is 6.33. The van der Waals surface area contributed by atoms with Crippen LogP contribution in [0.5, 0.6) is 11.5 Å². The van der Waals surface area contributed by atoms with Gasteiger partial charge in [-0.25, -0.2) is 4.39 Å². The zero-order valence-electron chi connectivity index (χ0n) is 14.5. The number of fused-ring (bicyclic) bond motifs is 1. The topological polar surface area (TPSA) is 38.8 Å². The molecule has 3 rings (SSSR count). The van der Waals surface area contributed by atoms with E-state index in [-0.39, 0.29) is 11.7 Å². The van der Waals surface area contributed by atoms with E-state index in [1.807, 2.05) is 26.0 Å². The molecule has 0 spiro atoms. The van der Waals surface area contributed by atoms with Gasteiger partial charge in [0.15, 0.2) is 0 Å². The molecule has 2 aromatic rings. The number of rotatable bonds is 4. The number of nitrogens with zero attached hydrogens (tertiary/aromatic N) is 1. The Morgan fingerprint density at radius 1 is 1.16 bits per heavy atom. The van der Waals surface area contributed by atoms with Crippen LogP contribution in [-0.2, 0) is 12.1 Å². The van der Waals surface area contributed by atoms with Crippen LogP contribution in [0, 0.1) is 5.82 Å². The molecule has 6 heteroatoms. The number of hydrogen-bond donors (Lipinski definition) is 0. The highest BCUT2D eigenvalue weighted by Gasteiger charge is 2.45. The SMILES string of the molecule is COc1ccc(CN2C(=O)c3ccc(Br)c(F)c3C2(C)C)c(OC)c1. The summed E-state index contributed by atoms with van der Waals surface area (Å²) in [7, 11) is 3.15. The van der Waals surface area contributed by atoms with Crippen LogP contribution >= 0.6 is 15.9 Å². The quantitative estimate of drug-likeness (QED) is 0.748. The lowest BCUT2D eigenvalue weighted by Gasteiger charge is -2.33.